The Hall–Kier alpha value is -1.10. The quantitative estimate of drug-likeness (QED) is 0.164. The average molecular weight is 620 g/mol. The molecule has 4 aromatic carbocycles. The van der Waals surface area contributed by atoms with Gasteiger partial charge in [0.25, 0.3) is 0 Å². The summed E-state index contributed by atoms with van der Waals surface area (Å²) in [7, 11) is -1.23. The zero-order valence-corrected chi connectivity index (χ0v) is 26.9. The summed E-state index contributed by atoms with van der Waals surface area (Å²) in [5.74, 6) is 0. The van der Waals surface area contributed by atoms with Crippen LogP contribution in [-0.4, -0.2) is 12.3 Å². The van der Waals surface area contributed by atoms with Gasteiger partial charge in [-0.15, -0.1) is 0 Å². The van der Waals surface area contributed by atoms with E-state index in [0.29, 0.717) is 0 Å². The van der Waals surface area contributed by atoms with Gasteiger partial charge >= 0.3 is 0 Å². The summed E-state index contributed by atoms with van der Waals surface area (Å²) in [5.41, 5.74) is 0.0504. The van der Waals surface area contributed by atoms with Crippen LogP contribution in [0, 0.1) is 10.8 Å². The lowest BCUT2D eigenvalue weighted by Gasteiger charge is -2.46. The third-order valence-electron chi connectivity index (χ3n) is 7.49. The van der Waals surface area contributed by atoms with Crippen LogP contribution >= 0.6 is 62.2 Å². The lowest BCUT2D eigenvalue weighted by molar-refractivity contribution is 0.167. The first-order valence-corrected chi connectivity index (χ1v) is 17.1. The number of hydrogen-bond acceptors (Lipinski definition) is 0. The lowest BCUT2D eigenvalue weighted by atomic mass is 9.70. The van der Waals surface area contributed by atoms with Gasteiger partial charge in [-0.1, -0.05) is 123 Å². The van der Waals surface area contributed by atoms with Crippen LogP contribution in [0.4, 0.5) is 0 Å². The van der Waals surface area contributed by atoms with E-state index in [1.165, 1.54) is 21.2 Å². The molecule has 198 valence electrons. The molecule has 0 aromatic heterocycles. The Labute approximate surface area is 250 Å². The topological polar surface area (TPSA) is 0 Å². The summed E-state index contributed by atoms with van der Waals surface area (Å²) in [6.45, 7) is 9.69. The Morgan fingerprint density at radius 2 is 0.579 bits per heavy atom. The van der Waals surface area contributed by atoms with Crippen molar-refractivity contribution in [3.05, 3.63) is 117 Å². The SMILES string of the molecule is CC(C)(CP(c1ccc(Cl)cc1)c1ccc(Cl)cc1)C(C)(C)CP(c1ccc(Cl)cc1)c1ccc(Cl)cc1. The summed E-state index contributed by atoms with van der Waals surface area (Å²) < 4.78 is 0. The Balaban J connectivity index is 1.69. The van der Waals surface area contributed by atoms with Crippen LogP contribution in [0.2, 0.25) is 20.1 Å². The molecule has 0 saturated heterocycles. The molecule has 0 atom stereocenters. The van der Waals surface area contributed by atoms with Crippen molar-refractivity contribution in [1.29, 1.82) is 0 Å². The summed E-state index contributed by atoms with van der Waals surface area (Å²) >= 11 is 25.0. The van der Waals surface area contributed by atoms with E-state index >= 15 is 0 Å². The Morgan fingerprint density at radius 3 is 0.763 bits per heavy atom. The first-order valence-electron chi connectivity index (χ1n) is 12.5. The number of hydrogen-bond donors (Lipinski definition) is 0. The molecule has 0 bridgehead atoms. The molecule has 0 fully saturated rings. The normalized spacial score (nSPS) is 12.4. The first kappa shape index (κ1) is 29.9. The highest BCUT2D eigenvalue weighted by Gasteiger charge is 2.41. The maximum atomic E-state index is 6.26. The molecule has 0 nitrogen and oxygen atoms in total. The second-order valence-electron chi connectivity index (χ2n) is 10.8. The van der Waals surface area contributed by atoms with E-state index < -0.39 is 15.8 Å². The Bertz CT molecular complexity index is 1130. The van der Waals surface area contributed by atoms with Crippen LogP contribution in [0.1, 0.15) is 27.7 Å². The maximum absolute atomic E-state index is 6.26. The van der Waals surface area contributed by atoms with Crippen molar-refractivity contribution in [1.82, 2.24) is 0 Å². The van der Waals surface area contributed by atoms with Crippen LogP contribution < -0.4 is 21.2 Å². The highest BCUT2D eigenvalue weighted by atomic mass is 35.5. The molecule has 0 aliphatic carbocycles. The second-order valence-corrected chi connectivity index (χ2v) is 17.0. The van der Waals surface area contributed by atoms with Crippen LogP contribution in [-0.2, 0) is 0 Å². The molecule has 6 heteroatoms. The van der Waals surface area contributed by atoms with Crippen molar-refractivity contribution in [3.63, 3.8) is 0 Å². The fourth-order valence-electron chi connectivity index (χ4n) is 4.37. The molecule has 4 aromatic rings. The molecule has 0 heterocycles. The smallest absolute Gasteiger partial charge is 0.0406 e. The summed E-state index contributed by atoms with van der Waals surface area (Å²) in [4.78, 5) is 0. The van der Waals surface area contributed by atoms with Crippen molar-refractivity contribution in [2.24, 2.45) is 10.8 Å². The molecule has 0 aliphatic rings. The van der Waals surface area contributed by atoms with Crippen LogP contribution in [0.5, 0.6) is 0 Å². The van der Waals surface area contributed by atoms with Crippen LogP contribution in [0.3, 0.4) is 0 Å². The van der Waals surface area contributed by atoms with E-state index in [1.54, 1.807) is 0 Å². The molecule has 0 aliphatic heterocycles. The fraction of sp³-hybridized carbons (Fsp3) is 0.250. The number of rotatable bonds is 9. The zero-order valence-electron chi connectivity index (χ0n) is 22.1. The van der Waals surface area contributed by atoms with E-state index in [-0.39, 0.29) is 10.8 Å². The van der Waals surface area contributed by atoms with Gasteiger partial charge in [0.2, 0.25) is 0 Å². The van der Waals surface area contributed by atoms with Gasteiger partial charge in [0.1, 0.15) is 0 Å². The summed E-state index contributed by atoms with van der Waals surface area (Å²) in [6.07, 6.45) is 2.09. The van der Waals surface area contributed by atoms with Crippen molar-refractivity contribution >= 4 is 83.5 Å². The standard InChI is InChI=1S/C32H32Cl4P2/c1-31(2,21-37(27-13-5-23(33)6-14-27)28-15-7-24(34)8-16-28)32(3,4)22-38(29-17-9-25(35)10-18-29)30-19-11-26(36)12-20-30/h5-20H,21-22H2,1-4H3. The first-order chi connectivity index (χ1) is 17.9. The molecule has 0 spiro atoms. The van der Waals surface area contributed by atoms with E-state index in [1.807, 2.05) is 48.5 Å². The summed E-state index contributed by atoms with van der Waals surface area (Å²) in [5, 5.41) is 8.35. The predicted octanol–water partition coefficient (Wildman–Crippen LogP) is 9.92. The van der Waals surface area contributed by atoms with Gasteiger partial charge in [-0.3, -0.25) is 0 Å². The summed E-state index contributed by atoms with van der Waals surface area (Å²) in [6, 6.07) is 33.4. The average Bonchev–Trinajstić information content (AvgIpc) is 2.88. The highest BCUT2D eigenvalue weighted by molar-refractivity contribution is 7.73. The maximum Gasteiger partial charge on any atom is 0.0406 e. The van der Waals surface area contributed by atoms with Crippen molar-refractivity contribution in [2.75, 3.05) is 12.3 Å². The van der Waals surface area contributed by atoms with Crippen LogP contribution in [0.15, 0.2) is 97.1 Å². The minimum Gasteiger partial charge on any atom is -0.0843 e. The minimum atomic E-state index is -0.615. The third-order valence-corrected chi connectivity index (χ3v) is 14.4. The Morgan fingerprint density at radius 1 is 0.395 bits per heavy atom. The molecule has 0 unspecified atom stereocenters. The zero-order chi connectivity index (χ0) is 27.5. The van der Waals surface area contributed by atoms with E-state index in [4.69, 9.17) is 46.4 Å². The number of halogens is 4. The van der Waals surface area contributed by atoms with Crippen molar-refractivity contribution in [3.8, 4) is 0 Å². The Kier molecular flexibility index (Phi) is 9.91. The van der Waals surface area contributed by atoms with Gasteiger partial charge in [0.15, 0.2) is 0 Å². The van der Waals surface area contributed by atoms with Crippen LogP contribution in [0.25, 0.3) is 0 Å². The van der Waals surface area contributed by atoms with Crippen molar-refractivity contribution in [2.45, 2.75) is 27.7 Å². The molecular weight excluding hydrogens is 588 g/mol. The fourth-order valence-corrected chi connectivity index (χ4v) is 10.7. The van der Waals surface area contributed by atoms with Gasteiger partial charge in [-0.2, -0.15) is 0 Å². The molecule has 4 rings (SSSR count). The highest BCUT2D eigenvalue weighted by Crippen LogP contribution is 2.53. The van der Waals surface area contributed by atoms with E-state index in [9.17, 15) is 0 Å². The van der Waals surface area contributed by atoms with E-state index in [2.05, 4.69) is 76.2 Å². The van der Waals surface area contributed by atoms with Gasteiger partial charge in [0.05, 0.1) is 0 Å². The molecule has 0 amide bonds. The largest absolute Gasteiger partial charge is 0.0843 e. The minimum absolute atomic E-state index is 0.0252. The molecule has 0 N–H and O–H groups in total. The van der Waals surface area contributed by atoms with Crippen molar-refractivity contribution < 1.29 is 0 Å². The lowest BCUT2D eigenvalue weighted by Crippen LogP contribution is -2.40. The third kappa shape index (κ3) is 7.34. The predicted molar refractivity (Wildman–Crippen MR) is 175 cm³/mol. The van der Waals surface area contributed by atoms with Gasteiger partial charge in [0, 0.05) is 20.1 Å². The van der Waals surface area contributed by atoms with E-state index in [0.717, 1.165) is 32.4 Å². The molecule has 0 radical (unpaired) electrons. The molecule has 38 heavy (non-hydrogen) atoms. The van der Waals surface area contributed by atoms with Gasteiger partial charge in [-0.05, 0) is 109 Å². The van der Waals surface area contributed by atoms with Gasteiger partial charge in [-0.25, -0.2) is 0 Å². The number of benzene rings is 4. The van der Waals surface area contributed by atoms with Gasteiger partial charge < -0.3 is 0 Å². The molecule has 0 saturated carbocycles. The second kappa shape index (κ2) is 12.6. The monoisotopic (exact) mass is 618 g/mol. The molecular formula is C32H32Cl4P2.